The lowest BCUT2D eigenvalue weighted by Gasteiger charge is -2.48. The van der Waals surface area contributed by atoms with Crippen LogP contribution in [0, 0.1) is 18.6 Å². The van der Waals surface area contributed by atoms with Gasteiger partial charge in [-0.15, -0.1) is 0 Å². The van der Waals surface area contributed by atoms with Crippen molar-refractivity contribution in [2.45, 2.75) is 50.3 Å². The third-order valence-corrected chi connectivity index (χ3v) is 6.87. The zero-order valence-electron chi connectivity index (χ0n) is 18.7. The van der Waals surface area contributed by atoms with E-state index < -0.39 is 29.3 Å². The molecule has 4 rings (SSSR count). The summed E-state index contributed by atoms with van der Waals surface area (Å²) >= 11 is 0. The van der Waals surface area contributed by atoms with Crippen molar-refractivity contribution in [2.24, 2.45) is 0 Å². The number of hydrogen-bond donors (Lipinski definition) is 1. The number of rotatable bonds is 5. The Kier molecular flexibility index (Phi) is 5.98. The summed E-state index contributed by atoms with van der Waals surface area (Å²) in [6, 6.07) is 4.71. The maximum atomic E-state index is 14.0. The number of benzene rings is 1. The maximum absolute atomic E-state index is 14.0. The van der Waals surface area contributed by atoms with Crippen molar-refractivity contribution < 1.29 is 27.1 Å². The molecule has 1 aromatic heterocycles. The fraction of sp³-hybridized carbons (Fsp3) is 0.478. The number of nitrogens with one attached hydrogen (secondary N) is 1. The molecule has 2 heterocycles. The van der Waals surface area contributed by atoms with Gasteiger partial charge in [-0.05, 0) is 76.0 Å². The van der Waals surface area contributed by atoms with Crippen LogP contribution in [-0.2, 0) is 5.54 Å². The summed E-state index contributed by atoms with van der Waals surface area (Å²) in [7, 11) is 3.77. The van der Waals surface area contributed by atoms with Gasteiger partial charge in [-0.25, -0.2) is 18.6 Å². The highest BCUT2D eigenvalue weighted by molar-refractivity contribution is 5.95. The molecular formula is C23H26F4N4O2. The number of halogens is 4. The van der Waals surface area contributed by atoms with Gasteiger partial charge in [0, 0.05) is 11.6 Å². The molecular weight excluding hydrogens is 440 g/mol. The first-order valence-electron chi connectivity index (χ1n) is 10.7. The molecule has 2 aromatic rings. The molecule has 0 bridgehead atoms. The lowest BCUT2D eigenvalue weighted by atomic mass is 9.69. The molecule has 33 heavy (non-hydrogen) atoms. The van der Waals surface area contributed by atoms with Gasteiger partial charge in [0.2, 0.25) is 0 Å². The Morgan fingerprint density at radius 3 is 2.27 bits per heavy atom. The molecule has 10 heteroatoms. The van der Waals surface area contributed by atoms with Gasteiger partial charge >= 0.3 is 12.6 Å². The van der Waals surface area contributed by atoms with Crippen LogP contribution >= 0.6 is 0 Å². The topological polar surface area (TPSA) is 57.7 Å². The predicted octanol–water partition coefficient (Wildman–Crippen LogP) is 4.57. The van der Waals surface area contributed by atoms with Crippen LogP contribution < -0.4 is 15.0 Å². The standard InChI is InChI=1S/C23H26F4N4O2/c1-14-8-18(33-20(26)27)12-28-19(14)31-13-22(29-21(31)32)4-6-23(7-5-22,30(2)3)15-9-16(24)11-17(25)10-15/h8-12,20H,4-7,13H2,1-3H3,(H,29,32). The summed E-state index contributed by atoms with van der Waals surface area (Å²) in [6.07, 6.45) is 3.53. The van der Waals surface area contributed by atoms with Crippen molar-refractivity contribution in [3.63, 3.8) is 0 Å². The molecule has 1 saturated heterocycles. The molecule has 6 nitrogen and oxygen atoms in total. The zero-order valence-corrected chi connectivity index (χ0v) is 18.7. The third-order valence-electron chi connectivity index (χ3n) is 6.87. The lowest BCUT2D eigenvalue weighted by Crippen LogP contribution is -2.54. The number of pyridine rings is 1. The molecule has 2 aliphatic rings. The van der Waals surface area contributed by atoms with E-state index in [2.05, 4.69) is 15.0 Å². The minimum absolute atomic E-state index is 0.0728. The summed E-state index contributed by atoms with van der Waals surface area (Å²) < 4.78 is 57.2. The van der Waals surface area contributed by atoms with Gasteiger partial charge in [0.15, 0.2) is 0 Å². The van der Waals surface area contributed by atoms with Crippen LogP contribution in [0.25, 0.3) is 0 Å². The highest BCUT2D eigenvalue weighted by atomic mass is 19.3. The van der Waals surface area contributed by atoms with Crippen molar-refractivity contribution in [1.82, 2.24) is 15.2 Å². The van der Waals surface area contributed by atoms with E-state index in [9.17, 15) is 22.4 Å². The normalized spacial score (nSPS) is 25.2. The van der Waals surface area contributed by atoms with Crippen LogP contribution in [0.4, 0.5) is 28.2 Å². The molecule has 1 aromatic carbocycles. The van der Waals surface area contributed by atoms with Gasteiger partial charge in [-0.1, -0.05) is 0 Å². The smallest absolute Gasteiger partial charge is 0.387 e. The quantitative estimate of drug-likeness (QED) is 0.656. The van der Waals surface area contributed by atoms with Crippen LogP contribution in [0.15, 0.2) is 30.5 Å². The zero-order chi connectivity index (χ0) is 24.0. The Hall–Kier alpha value is -2.88. The molecule has 2 fully saturated rings. The van der Waals surface area contributed by atoms with Gasteiger partial charge in [0.05, 0.1) is 18.3 Å². The van der Waals surface area contributed by atoms with Crippen molar-refractivity contribution in [3.8, 4) is 5.75 Å². The highest BCUT2D eigenvalue weighted by Gasteiger charge is 2.50. The fourth-order valence-electron chi connectivity index (χ4n) is 5.11. The number of aryl methyl sites for hydroxylation is 1. The Balaban J connectivity index is 1.55. The van der Waals surface area contributed by atoms with Crippen molar-refractivity contribution in [3.05, 3.63) is 53.2 Å². The van der Waals surface area contributed by atoms with Crippen molar-refractivity contribution in [1.29, 1.82) is 0 Å². The van der Waals surface area contributed by atoms with E-state index in [-0.39, 0.29) is 11.8 Å². The van der Waals surface area contributed by atoms with Crippen molar-refractivity contribution in [2.75, 3.05) is 25.5 Å². The number of ether oxygens (including phenoxy) is 1. The number of hydrogen-bond acceptors (Lipinski definition) is 4. The maximum Gasteiger partial charge on any atom is 0.387 e. The number of amides is 2. The number of alkyl halides is 2. The van der Waals surface area contributed by atoms with E-state index >= 15 is 0 Å². The monoisotopic (exact) mass is 466 g/mol. The van der Waals surface area contributed by atoms with Crippen LogP contribution in [0.3, 0.4) is 0 Å². The fourth-order valence-corrected chi connectivity index (χ4v) is 5.11. The molecule has 1 aliphatic heterocycles. The van der Waals surface area contributed by atoms with Crippen LogP contribution in [0.2, 0.25) is 0 Å². The predicted molar refractivity (Wildman–Crippen MR) is 114 cm³/mol. The lowest BCUT2D eigenvalue weighted by molar-refractivity contribution is -0.0500. The second-order valence-corrected chi connectivity index (χ2v) is 9.07. The van der Waals surface area contributed by atoms with Crippen LogP contribution in [-0.4, -0.2) is 48.7 Å². The van der Waals surface area contributed by atoms with Gasteiger partial charge in [-0.2, -0.15) is 8.78 Å². The number of nitrogens with zero attached hydrogens (tertiary/aromatic N) is 3. The molecule has 1 N–H and O–H groups in total. The average molecular weight is 466 g/mol. The molecule has 178 valence electrons. The molecule has 1 aliphatic carbocycles. The first-order valence-corrected chi connectivity index (χ1v) is 10.7. The van der Waals surface area contributed by atoms with Crippen molar-refractivity contribution >= 4 is 11.8 Å². The SMILES string of the molecule is Cc1cc(OC(F)F)cnc1N1CC2(CCC(c3cc(F)cc(F)c3)(N(C)C)CC2)NC1=O. The third kappa shape index (κ3) is 4.36. The summed E-state index contributed by atoms with van der Waals surface area (Å²) in [5.74, 6) is -0.931. The largest absolute Gasteiger partial charge is 0.433 e. The van der Waals surface area contributed by atoms with Gasteiger partial charge in [-0.3, -0.25) is 9.80 Å². The van der Waals surface area contributed by atoms with E-state index in [0.717, 1.165) is 6.07 Å². The van der Waals surface area contributed by atoms with E-state index in [1.807, 2.05) is 19.0 Å². The summed E-state index contributed by atoms with van der Waals surface area (Å²) in [6.45, 7) is -0.924. The van der Waals surface area contributed by atoms with E-state index in [1.165, 1.54) is 29.3 Å². The molecule has 2 amide bonds. The summed E-state index contributed by atoms with van der Waals surface area (Å²) in [5.41, 5.74) is 0.0333. The van der Waals surface area contributed by atoms with Gasteiger partial charge < -0.3 is 10.1 Å². The number of carbonyl (C=O) groups is 1. The Bertz CT molecular complexity index is 1030. The molecule has 0 radical (unpaired) electrons. The number of anilines is 1. The summed E-state index contributed by atoms with van der Waals surface area (Å²) in [4.78, 5) is 20.5. The molecule has 0 unspecified atom stereocenters. The minimum atomic E-state index is -2.96. The first-order chi connectivity index (χ1) is 15.5. The second kappa shape index (κ2) is 8.48. The minimum Gasteiger partial charge on any atom is -0.433 e. The van der Waals surface area contributed by atoms with E-state index in [1.54, 1.807) is 6.92 Å². The van der Waals surface area contributed by atoms with E-state index in [4.69, 9.17) is 0 Å². The number of aromatic nitrogens is 1. The Morgan fingerprint density at radius 1 is 1.09 bits per heavy atom. The van der Waals surface area contributed by atoms with Gasteiger partial charge in [0.1, 0.15) is 23.2 Å². The molecule has 0 atom stereocenters. The molecule has 1 spiro atoms. The second-order valence-electron chi connectivity index (χ2n) is 9.07. The van der Waals surface area contributed by atoms with Gasteiger partial charge in [0.25, 0.3) is 0 Å². The highest BCUT2D eigenvalue weighted by Crippen LogP contribution is 2.46. The van der Waals surface area contributed by atoms with Crippen LogP contribution in [0.1, 0.15) is 36.8 Å². The molecule has 1 saturated carbocycles. The summed E-state index contributed by atoms with van der Waals surface area (Å²) in [5, 5.41) is 3.07. The van der Waals surface area contributed by atoms with Crippen LogP contribution in [0.5, 0.6) is 5.75 Å². The van der Waals surface area contributed by atoms with E-state index in [0.29, 0.717) is 49.2 Å². The average Bonchev–Trinajstić information content (AvgIpc) is 3.03. The number of urea groups is 1. The Labute approximate surface area is 189 Å². The Morgan fingerprint density at radius 2 is 1.73 bits per heavy atom. The first kappa shape index (κ1) is 23.3. The number of carbonyl (C=O) groups excluding carboxylic acids is 1.